The van der Waals surface area contributed by atoms with Gasteiger partial charge in [0.25, 0.3) is 0 Å². The number of hydrogen-bond donors (Lipinski definition) is 3. The zero-order valence-electron chi connectivity index (χ0n) is 63.7. The number of carbonyl (C=O) groups is 5. The van der Waals surface area contributed by atoms with Crippen molar-refractivity contribution in [3.8, 4) is 82.2 Å². The zero-order chi connectivity index (χ0) is 79.6. The highest BCUT2D eigenvalue weighted by Gasteiger charge is 2.52. The van der Waals surface area contributed by atoms with Gasteiger partial charge in [-0.1, -0.05) is 52.6 Å². The molecule has 578 valence electrons. The Balaban J connectivity index is 0.000000149. The summed E-state index contributed by atoms with van der Waals surface area (Å²) in [5.74, 6) is 32.5. The molecule has 6 fully saturated rings. The number of nitrogens with one attached hydrogen (secondary N) is 3. The third-order valence-corrected chi connectivity index (χ3v) is 22.1. The Bertz CT molecular complexity index is 5280. The van der Waals surface area contributed by atoms with E-state index in [0.29, 0.717) is 47.3 Å². The zero-order valence-corrected chi connectivity index (χ0v) is 69.2. The van der Waals surface area contributed by atoms with Gasteiger partial charge in [-0.15, -0.1) is 5.92 Å². The Labute approximate surface area is 684 Å². The topological polar surface area (TPSA) is 246 Å². The van der Waals surface area contributed by atoms with Crippen LogP contribution in [0.1, 0.15) is 142 Å². The van der Waals surface area contributed by atoms with E-state index in [0.717, 1.165) is 183 Å². The summed E-state index contributed by atoms with van der Waals surface area (Å²) in [6, 6.07) is 23.7. The van der Waals surface area contributed by atoms with Crippen molar-refractivity contribution in [2.24, 2.45) is 29.6 Å². The van der Waals surface area contributed by atoms with Crippen LogP contribution < -0.4 is 16.1 Å². The molecule has 2 saturated carbocycles. The summed E-state index contributed by atoms with van der Waals surface area (Å²) < 4.78 is 35.4. The average Bonchev–Trinajstić information content (AvgIpc) is 1.61. The molecule has 0 bridgehead atoms. The summed E-state index contributed by atoms with van der Waals surface area (Å²) in [4.78, 5) is 84.9. The van der Waals surface area contributed by atoms with Gasteiger partial charge >= 0.3 is 7.12 Å². The lowest BCUT2D eigenvalue weighted by Crippen LogP contribution is -2.41. The molecule has 26 heteroatoms. The quantitative estimate of drug-likeness (QED) is 0.0445. The molecule has 2 amide bonds. The molecular weight excluding hydrogens is 1600 g/mol. The predicted molar refractivity (Wildman–Crippen MR) is 453 cm³/mol. The molecule has 0 unspecified atom stereocenters. The van der Waals surface area contributed by atoms with Crippen molar-refractivity contribution >= 4 is 171 Å². The minimum Gasteiger partial charge on any atom is -0.399 e. The van der Waals surface area contributed by atoms with Crippen LogP contribution in [0.2, 0.25) is 0 Å². The van der Waals surface area contributed by atoms with Crippen molar-refractivity contribution in [3.05, 3.63) is 126 Å². The molecule has 4 saturated heterocycles. The first-order valence-electron chi connectivity index (χ1n) is 37.1. The molecule has 2 aromatic carbocycles. The van der Waals surface area contributed by atoms with E-state index in [4.69, 9.17) is 35.1 Å². The number of aromatic nitrogens is 8. The van der Waals surface area contributed by atoms with Gasteiger partial charge in [0.2, 0.25) is 28.9 Å². The number of nitrogens with zero attached hydrogens (tertiary/aromatic N) is 7. The number of amides is 2. The van der Waals surface area contributed by atoms with Gasteiger partial charge < -0.3 is 39.1 Å². The van der Waals surface area contributed by atoms with E-state index >= 15 is 0 Å². The maximum absolute atomic E-state index is 13.0. The number of thiazole rings is 2. The van der Waals surface area contributed by atoms with E-state index in [2.05, 4.69) is 156 Å². The summed E-state index contributed by atoms with van der Waals surface area (Å²) in [6.07, 6.45) is 22.2. The standard InChI is InChI=1S/C25H24N4O3S.C17H21BN2O3S.C14H15BrN2O2.C8H6.C8H5.C7H5BrN2.C7H11ClO2/c30-23(11-15-6-9-32-10-7-15)29-8-5-19-21(29)12-18(14-26-19)17-3-4-20-22(13-17)33-25(27-20)28-24(31)16-1-2-16;1-16(2)17(3,4)23-18(22-16)11-7-8-12-13(9-11)24-15(19-12)20-14(21)10-5-6-10;15-11-8-13-12(16-9-11)1-4-17(13)14(18)7-10-2-5-19-6-3-10;2*1-3-5-7-8-6-4-2;8-5-3-7-6(10-4-5)1-2-9-7;8-7(9)5-6-1-3-10-4-2-6/h3-5,8,12-16H,1-2,6-7,9-11H2,(H,27,28,31);7-10H,5-6H2,1-4H3,(H,19,20,21);1,4,8-10H,2-3,5-7H2;1-2H3;1H2,2H3;1-4,9H;6H,1-5H2/q;;;;-1;;. The second-order valence-electron chi connectivity index (χ2n) is 28.0. The average molecular weight is 1690 g/mol. The summed E-state index contributed by atoms with van der Waals surface area (Å²) in [6.45, 7) is 21.3. The highest BCUT2D eigenvalue weighted by atomic mass is 79.9. The number of anilines is 2. The Hall–Kier alpha value is -9.42. The summed E-state index contributed by atoms with van der Waals surface area (Å²) >= 11 is 14.9. The van der Waals surface area contributed by atoms with E-state index in [1.165, 1.54) is 22.7 Å². The van der Waals surface area contributed by atoms with Crippen LogP contribution in [0.5, 0.6) is 0 Å². The predicted octanol–water partition coefficient (Wildman–Crippen LogP) is 17.1. The van der Waals surface area contributed by atoms with Crippen LogP contribution in [0, 0.1) is 108 Å². The number of aromatic amines is 1. The number of benzene rings is 2. The lowest BCUT2D eigenvalue weighted by Gasteiger charge is -2.32. The van der Waals surface area contributed by atoms with Gasteiger partial charge in [-0.05, 0) is 281 Å². The smallest absolute Gasteiger partial charge is 0.399 e. The van der Waals surface area contributed by atoms with Crippen LogP contribution >= 0.6 is 66.1 Å². The van der Waals surface area contributed by atoms with Crippen LogP contribution in [-0.2, 0) is 37.9 Å². The SMILES string of the molecule is Brc1cnc2cc[nH]c2c1.CC#CC#CC#CC.CC1(C)OB(c2ccc3nc(NC(=O)C4CC4)sc3c2)OC1(C)C.O=C(CC1CCOCC1)n1ccc2ncc(Br)cc21.O=C(Cl)CC1CCOCC1.O=C(Nc1nc2ccc(-c3cnc4ccn(C(=O)CC5CCOCC5)c4c3)cc2s1)C1CC1.[CH2-]C#CC#CC#CC. The maximum Gasteiger partial charge on any atom is 0.494 e. The van der Waals surface area contributed by atoms with E-state index in [1.807, 2.05) is 119 Å². The number of ether oxygens (including phenoxy) is 3. The lowest BCUT2D eigenvalue weighted by molar-refractivity contribution is -0.118. The molecule has 0 radical (unpaired) electrons. The number of carbonyl (C=O) groups excluding carboxylic acids is 5. The van der Waals surface area contributed by atoms with E-state index in [1.54, 1.807) is 42.3 Å². The molecule has 0 atom stereocenters. The minimum absolute atomic E-state index is 0.0649. The number of halogens is 3. The van der Waals surface area contributed by atoms with Gasteiger partial charge in [-0.25, -0.2) is 15.9 Å². The first-order valence-corrected chi connectivity index (χ1v) is 40.7. The molecule has 10 aromatic rings. The number of pyridine rings is 3. The Morgan fingerprint density at radius 3 is 1.46 bits per heavy atom. The lowest BCUT2D eigenvalue weighted by atomic mass is 9.79. The molecule has 4 aliphatic heterocycles. The number of hydrogen-bond acceptors (Lipinski definition) is 17. The van der Waals surface area contributed by atoms with Crippen LogP contribution in [-0.4, -0.2) is 126 Å². The van der Waals surface area contributed by atoms with Gasteiger partial charge in [0.1, 0.15) is 0 Å². The summed E-state index contributed by atoms with van der Waals surface area (Å²) in [5, 5.41) is 6.93. The molecule has 20 nitrogen and oxygen atoms in total. The largest absolute Gasteiger partial charge is 0.494 e. The first kappa shape index (κ1) is 85.0. The van der Waals surface area contributed by atoms with Gasteiger partial charge in [0, 0.05) is 122 Å². The molecule has 2 aliphatic carbocycles. The van der Waals surface area contributed by atoms with Gasteiger partial charge in [-0.2, -0.15) is 6.92 Å². The van der Waals surface area contributed by atoms with Crippen molar-refractivity contribution in [1.82, 2.24) is 39.0 Å². The monoisotopic (exact) mass is 1690 g/mol. The number of fused-ring (bicyclic) bond motifs is 5. The van der Waals surface area contributed by atoms with E-state index in [-0.39, 0.29) is 59.0 Å². The van der Waals surface area contributed by atoms with Crippen LogP contribution in [0.15, 0.2) is 119 Å². The first-order chi connectivity index (χ1) is 54.1. The minimum atomic E-state index is -0.383. The highest BCUT2D eigenvalue weighted by Crippen LogP contribution is 2.39. The molecule has 3 N–H and O–H groups in total. The highest BCUT2D eigenvalue weighted by molar-refractivity contribution is 9.10. The fraction of sp³-hybridized carbons (Fsp3) is 0.384. The van der Waals surface area contributed by atoms with Crippen LogP contribution in [0.4, 0.5) is 10.3 Å². The van der Waals surface area contributed by atoms with Crippen molar-refractivity contribution < 1.29 is 47.5 Å². The van der Waals surface area contributed by atoms with Crippen molar-refractivity contribution in [3.63, 3.8) is 0 Å². The van der Waals surface area contributed by atoms with Crippen LogP contribution in [0.3, 0.4) is 0 Å². The fourth-order valence-corrected chi connectivity index (χ4v) is 14.7. The Morgan fingerprint density at radius 2 is 0.982 bits per heavy atom. The van der Waals surface area contributed by atoms with Crippen LogP contribution in [0.25, 0.3) is 64.7 Å². The summed E-state index contributed by atoms with van der Waals surface area (Å²) in [5.41, 5.74) is 9.37. The molecule has 8 aromatic heterocycles. The molecule has 0 spiro atoms. The Kier molecular flexibility index (Phi) is 31.8. The molecule has 6 aliphatic rings. The molecular formula is C86H87BBr2ClN10O10S2-. The maximum atomic E-state index is 13.0. The molecule has 12 heterocycles. The van der Waals surface area contributed by atoms with Crippen molar-refractivity contribution in [2.45, 2.75) is 143 Å². The second-order valence-corrected chi connectivity index (χ2v) is 32.3. The molecule has 16 rings (SSSR count). The van der Waals surface area contributed by atoms with Gasteiger partial charge in [-0.3, -0.25) is 54.0 Å². The van der Waals surface area contributed by atoms with E-state index in [9.17, 15) is 24.0 Å². The Morgan fingerprint density at radius 1 is 0.536 bits per heavy atom. The summed E-state index contributed by atoms with van der Waals surface area (Å²) in [7, 11) is -0.383. The normalized spacial score (nSPS) is 15.9. The van der Waals surface area contributed by atoms with Crippen molar-refractivity contribution in [1.29, 1.82) is 0 Å². The van der Waals surface area contributed by atoms with Gasteiger partial charge in [0.15, 0.2) is 10.3 Å². The van der Waals surface area contributed by atoms with Gasteiger partial charge in [0.05, 0.1) is 64.7 Å². The van der Waals surface area contributed by atoms with E-state index < -0.39 is 0 Å². The van der Waals surface area contributed by atoms with Crippen molar-refractivity contribution in [2.75, 3.05) is 50.3 Å². The fourth-order valence-electron chi connectivity index (χ4n) is 12.0. The number of rotatable bonds is 12. The second kappa shape index (κ2) is 41.9. The third-order valence-electron chi connectivity index (χ3n) is 19.2. The third kappa shape index (κ3) is 25.3. The molecule has 112 heavy (non-hydrogen) atoms. The number of H-pyrrole nitrogens is 1.